The monoisotopic (exact) mass is 306 g/mol. The van der Waals surface area contributed by atoms with E-state index in [2.05, 4.69) is 13.8 Å². The van der Waals surface area contributed by atoms with Gasteiger partial charge in [-0.25, -0.2) is 0 Å². The highest BCUT2D eigenvalue weighted by atomic mass is 16.5. The molecule has 0 aromatic rings. The highest BCUT2D eigenvalue weighted by Crippen LogP contribution is 2.67. The Hall–Kier alpha value is -0.410. The zero-order chi connectivity index (χ0) is 15.8. The topological polar surface area (TPSA) is 57.5 Å². The van der Waals surface area contributed by atoms with Gasteiger partial charge in [0.2, 0.25) is 0 Å². The molecular formula is C19H30O3. The second-order valence-electron chi connectivity index (χ2n) is 9.06. The van der Waals surface area contributed by atoms with Gasteiger partial charge in [0.25, 0.3) is 0 Å². The van der Waals surface area contributed by atoms with E-state index in [4.69, 9.17) is 0 Å². The van der Waals surface area contributed by atoms with Crippen molar-refractivity contribution >= 4 is 5.78 Å². The van der Waals surface area contributed by atoms with Crippen molar-refractivity contribution in [1.82, 2.24) is 0 Å². The van der Waals surface area contributed by atoms with E-state index in [9.17, 15) is 15.0 Å². The lowest BCUT2D eigenvalue weighted by Gasteiger charge is -2.63. The first kappa shape index (κ1) is 15.1. The van der Waals surface area contributed by atoms with Crippen molar-refractivity contribution < 1.29 is 15.0 Å². The molecule has 0 amide bonds. The zero-order valence-corrected chi connectivity index (χ0v) is 14.0. The molecule has 6 atom stereocenters. The van der Waals surface area contributed by atoms with Gasteiger partial charge in [-0.3, -0.25) is 4.79 Å². The number of aliphatic hydroxyl groups is 2. The van der Waals surface area contributed by atoms with Crippen LogP contribution in [0.15, 0.2) is 0 Å². The van der Waals surface area contributed by atoms with E-state index in [1.54, 1.807) is 0 Å². The molecule has 0 radical (unpaired) electrons. The molecule has 0 aromatic heterocycles. The molecule has 4 saturated carbocycles. The van der Waals surface area contributed by atoms with Crippen LogP contribution in [0.1, 0.15) is 71.6 Å². The minimum atomic E-state index is -1.52. The summed E-state index contributed by atoms with van der Waals surface area (Å²) in [6.07, 6.45) is 8.62. The number of carbonyl (C=O) groups excluding carboxylic acids is 1. The van der Waals surface area contributed by atoms with Crippen molar-refractivity contribution in [3.05, 3.63) is 0 Å². The van der Waals surface area contributed by atoms with Gasteiger partial charge in [0.1, 0.15) is 5.78 Å². The molecular weight excluding hydrogens is 276 g/mol. The lowest BCUT2D eigenvalue weighted by atomic mass is 9.44. The molecule has 3 heteroatoms. The molecule has 2 N–H and O–H groups in total. The first-order valence-electron chi connectivity index (χ1n) is 9.29. The smallest absolute Gasteiger partial charge is 0.168 e. The maximum absolute atomic E-state index is 12.4. The summed E-state index contributed by atoms with van der Waals surface area (Å²) in [7, 11) is 0. The van der Waals surface area contributed by atoms with Crippen LogP contribution < -0.4 is 0 Å². The first-order chi connectivity index (χ1) is 10.3. The van der Waals surface area contributed by atoms with Crippen LogP contribution in [0.25, 0.3) is 0 Å². The van der Waals surface area contributed by atoms with E-state index in [-0.39, 0.29) is 10.8 Å². The summed E-state index contributed by atoms with van der Waals surface area (Å²) in [6, 6.07) is 0. The third-order valence-corrected chi connectivity index (χ3v) is 8.55. The van der Waals surface area contributed by atoms with Crippen LogP contribution in [0.5, 0.6) is 0 Å². The molecule has 0 aromatic carbocycles. The second kappa shape index (κ2) is 4.57. The van der Waals surface area contributed by atoms with Crippen LogP contribution in [0.2, 0.25) is 0 Å². The Kier molecular flexibility index (Phi) is 3.14. The predicted molar refractivity (Wildman–Crippen MR) is 83.9 cm³/mol. The maximum Gasteiger partial charge on any atom is 0.168 e. The van der Waals surface area contributed by atoms with Gasteiger partial charge in [-0.2, -0.15) is 0 Å². The van der Waals surface area contributed by atoms with Crippen molar-refractivity contribution in [3.63, 3.8) is 0 Å². The average Bonchev–Trinajstić information content (AvgIpc) is 2.76. The van der Waals surface area contributed by atoms with Gasteiger partial charge in [0.15, 0.2) is 5.79 Å². The molecule has 124 valence electrons. The largest absolute Gasteiger partial charge is 0.365 e. The summed E-state index contributed by atoms with van der Waals surface area (Å²) in [6.45, 7) is 4.33. The summed E-state index contributed by atoms with van der Waals surface area (Å²) in [4.78, 5) is 12.4. The number of fused-ring (bicyclic) bond motifs is 5. The molecule has 0 saturated heterocycles. The van der Waals surface area contributed by atoms with Gasteiger partial charge >= 0.3 is 0 Å². The summed E-state index contributed by atoms with van der Waals surface area (Å²) in [5, 5.41) is 21.6. The van der Waals surface area contributed by atoms with Crippen molar-refractivity contribution in [2.45, 2.75) is 77.4 Å². The molecule has 22 heavy (non-hydrogen) atoms. The molecule has 0 aliphatic heterocycles. The van der Waals surface area contributed by atoms with Crippen LogP contribution in [-0.4, -0.2) is 21.8 Å². The Balaban J connectivity index is 1.72. The number of ketones is 1. The molecule has 4 aliphatic rings. The van der Waals surface area contributed by atoms with Crippen molar-refractivity contribution in [2.24, 2.45) is 34.5 Å². The lowest BCUT2D eigenvalue weighted by Crippen LogP contribution is -2.63. The van der Waals surface area contributed by atoms with Crippen molar-refractivity contribution in [1.29, 1.82) is 0 Å². The zero-order valence-electron chi connectivity index (χ0n) is 14.0. The van der Waals surface area contributed by atoms with Crippen LogP contribution in [0.3, 0.4) is 0 Å². The van der Waals surface area contributed by atoms with Crippen molar-refractivity contribution in [3.8, 4) is 0 Å². The third-order valence-electron chi connectivity index (χ3n) is 8.55. The van der Waals surface area contributed by atoms with Crippen molar-refractivity contribution in [2.75, 3.05) is 0 Å². The molecule has 4 fully saturated rings. The summed E-state index contributed by atoms with van der Waals surface area (Å²) < 4.78 is 0. The van der Waals surface area contributed by atoms with Gasteiger partial charge in [-0.15, -0.1) is 0 Å². The number of rotatable bonds is 0. The number of hydrogen-bond acceptors (Lipinski definition) is 3. The summed E-state index contributed by atoms with van der Waals surface area (Å²) in [5.41, 5.74) is -0.492. The fourth-order valence-corrected chi connectivity index (χ4v) is 7.13. The standard InChI is InChI=1S/C19H30O3/c1-17-11-9-15-13(14(17)7-8-16(17)20)6-5-12-4-3-10-19(21,22)18(12,15)2/h12-15,21-22H,3-11H2,1-2H3/t12?,13-,14-,15+,17-,18-/m0/s1. The number of carbonyl (C=O) groups is 1. The van der Waals surface area contributed by atoms with E-state index >= 15 is 0 Å². The fraction of sp³-hybridized carbons (Fsp3) is 0.947. The third kappa shape index (κ3) is 1.67. The van der Waals surface area contributed by atoms with E-state index in [1.807, 2.05) is 0 Å². The van der Waals surface area contributed by atoms with Gasteiger partial charge in [0, 0.05) is 23.7 Å². The molecule has 1 unspecified atom stereocenters. The lowest BCUT2D eigenvalue weighted by molar-refractivity contribution is -0.312. The van der Waals surface area contributed by atoms with Crippen LogP contribution >= 0.6 is 0 Å². The Morgan fingerprint density at radius 2 is 1.73 bits per heavy atom. The summed E-state index contributed by atoms with van der Waals surface area (Å²) >= 11 is 0. The van der Waals surface area contributed by atoms with E-state index in [1.165, 1.54) is 6.42 Å². The predicted octanol–water partition coefficient (Wildman–Crippen LogP) is 3.28. The average molecular weight is 306 g/mol. The van der Waals surface area contributed by atoms with E-state index in [0.717, 1.165) is 44.9 Å². The molecule has 0 bridgehead atoms. The Morgan fingerprint density at radius 3 is 2.50 bits per heavy atom. The molecule has 0 spiro atoms. The molecule has 3 nitrogen and oxygen atoms in total. The Morgan fingerprint density at radius 1 is 0.955 bits per heavy atom. The summed E-state index contributed by atoms with van der Waals surface area (Å²) in [5.74, 6) is 0.767. The number of Topliss-reactive ketones (excluding diaryl/α,β-unsaturated/α-hetero) is 1. The van der Waals surface area contributed by atoms with E-state index < -0.39 is 5.79 Å². The number of hydrogen-bond donors (Lipinski definition) is 2. The first-order valence-corrected chi connectivity index (χ1v) is 9.29. The quantitative estimate of drug-likeness (QED) is 0.675. The highest BCUT2D eigenvalue weighted by molar-refractivity contribution is 5.87. The van der Waals surface area contributed by atoms with Crippen LogP contribution in [0.4, 0.5) is 0 Å². The minimum absolute atomic E-state index is 0.118. The minimum Gasteiger partial charge on any atom is -0.365 e. The normalized spacial score (nSPS) is 53.5. The highest BCUT2D eigenvalue weighted by Gasteiger charge is 2.65. The molecule has 4 aliphatic carbocycles. The van der Waals surface area contributed by atoms with Gasteiger partial charge in [-0.05, 0) is 68.6 Å². The molecule has 0 heterocycles. The maximum atomic E-state index is 12.4. The van der Waals surface area contributed by atoms with Gasteiger partial charge in [0.05, 0.1) is 0 Å². The second-order valence-corrected chi connectivity index (χ2v) is 9.06. The van der Waals surface area contributed by atoms with E-state index in [0.29, 0.717) is 35.9 Å². The Bertz CT molecular complexity index is 499. The Labute approximate surface area is 133 Å². The molecule has 4 rings (SSSR count). The fourth-order valence-electron chi connectivity index (χ4n) is 7.13. The van der Waals surface area contributed by atoms with Crippen LogP contribution in [-0.2, 0) is 4.79 Å². The SMILES string of the molecule is C[C@@]12C(CCCC1(O)O)CC[C@@H]1[C@H]2CC[C@]2(C)C(=O)CC[C@@H]12. The van der Waals surface area contributed by atoms with Gasteiger partial charge < -0.3 is 10.2 Å². The van der Waals surface area contributed by atoms with Crippen LogP contribution in [0, 0.1) is 34.5 Å². The van der Waals surface area contributed by atoms with Gasteiger partial charge in [-0.1, -0.05) is 13.8 Å².